The van der Waals surface area contributed by atoms with Crippen molar-refractivity contribution >= 4 is 33.0 Å². The van der Waals surface area contributed by atoms with Crippen LogP contribution in [0.15, 0.2) is 29.0 Å². The lowest BCUT2D eigenvalue weighted by molar-refractivity contribution is 0.328. The highest BCUT2D eigenvalue weighted by Gasteiger charge is 2.13. The molecule has 0 radical (unpaired) electrons. The molecule has 0 aliphatic rings. The molecule has 0 amide bonds. The van der Waals surface area contributed by atoms with Gasteiger partial charge in [-0.05, 0) is 29.8 Å². The minimum Gasteiger partial charge on any atom is -0.476 e. The zero-order valence-corrected chi connectivity index (χ0v) is 10.8. The van der Waals surface area contributed by atoms with E-state index in [2.05, 4.69) is 9.97 Å². The second kappa shape index (κ2) is 4.43. The lowest BCUT2D eigenvalue weighted by atomic mass is 10.3. The average Bonchev–Trinajstić information content (AvgIpc) is 2.98. The fourth-order valence-electron chi connectivity index (χ4n) is 1.59. The summed E-state index contributed by atoms with van der Waals surface area (Å²) < 4.78 is 5.58. The van der Waals surface area contributed by atoms with Crippen LogP contribution in [-0.4, -0.2) is 16.6 Å². The number of hydrogen-bond acceptors (Lipinski definition) is 5. The van der Waals surface area contributed by atoms with Crippen molar-refractivity contribution in [3.63, 3.8) is 0 Å². The molecule has 0 aliphatic heterocycles. The Labute approximate surface area is 107 Å². The molecule has 0 saturated carbocycles. The molecule has 3 aromatic heterocycles. The van der Waals surface area contributed by atoms with Crippen molar-refractivity contribution in [2.24, 2.45) is 0 Å². The first-order chi connectivity index (χ1) is 8.38. The molecule has 17 heavy (non-hydrogen) atoms. The van der Waals surface area contributed by atoms with E-state index in [4.69, 9.17) is 4.74 Å². The molecule has 0 aliphatic carbocycles. The van der Waals surface area contributed by atoms with Gasteiger partial charge in [-0.2, -0.15) is 0 Å². The molecule has 0 spiro atoms. The summed E-state index contributed by atoms with van der Waals surface area (Å²) in [5, 5.41) is 4.03. The van der Waals surface area contributed by atoms with Crippen LogP contribution in [0.2, 0.25) is 0 Å². The minimum atomic E-state index is 0.600. The highest BCUT2D eigenvalue weighted by atomic mass is 32.1. The highest BCUT2D eigenvalue weighted by Crippen LogP contribution is 2.32. The fraction of sp³-hybridized carbons (Fsp3) is 0.167. The third-order valence-electron chi connectivity index (χ3n) is 2.30. The summed E-state index contributed by atoms with van der Waals surface area (Å²) in [6.45, 7) is 2.56. The summed E-state index contributed by atoms with van der Waals surface area (Å²) >= 11 is 3.25. The maximum atomic E-state index is 5.58. The van der Waals surface area contributed by atoms with Gasteiger partial charge in [0, 0.05) is 0 Å². The van der Waals surface area contributed by atoms with E-state index in [0.717, 1.165) is 20.9 Å². The molecular formula is C12H10N2OS2. The molecule has 0 atom stereocenters. The second-order valence-electron chi connectivity index (χ2n) is 3.40. The third-order valence-corrected chi connectivity index (χ3v) is 3.97. The molecule has 3 rings (SSSR count). The molecule has 0 bridgehead atoms. The van der Waals surface area contributed by atoms with Gasteiger partial charge in [-0.3, -0.25) is 0 Å². The van der Waals surface area contributed by atoms with Gasteiger partial charge in [0.05, 0.1) is 11.5 Å². The lowest BCUT2D eigenvalue weighted by Gasteiger charge is -2.06. The summed E-state index contributed by atoms with van der Waals surface area (Å²) in [5.41, 5.74) is 1.75. The van der Waals surface area contributed by atoms with Gasteiger partial charge < -0.3 is 4.74 Å². The molecule has 3 nitrogen and oxygen atoms in total. The number of aromatic nitrogens is 2. The average molecular weight is 262 g/mol. The summed E-state index contributed by atoms with van der Waals surface area (Å²) in [5.74, 6) is 0.626. The molecule has 3 heterocycles. The van der Waals surface area contributed by atoms with Crippen LogP contribution in [0.5, 0.6) is 5.88 Å². The van der Waals surface area contributed by atoms with Crippen molar-refractivity contribution in [1.82, 2.24) is 9.97 Å². The van der Waals surface area contributed by atoms with Crippen LogP contribution in [-0.2, 0) is 0 Å². The SMILES string of the molecule is CCOc1nc2ccsc2nc1-c1cccs1. The van der Waals surface area contributed by atoms with Crippen molar-refractivity contribution in [2.45, 2.75) is 6.92 Å². The quantitative estimate of drug-likeness (QED) is 0.719. The van der Waals surface area contributed by atoms with Gasteiger partial charge in [0.15, 0.2) is 0 Å². The van der Waals surface area contributed by atoms with Crippen LogP contribution in [0.4, 0.5) is 0 Å². The Morgan fingerprint density at radius 2 is 2.12 bits per heavy atom. The van der Waals surface area contributed by atoms with E-state index in [9.17, 15) is 0 Å². The topological polar surface area (TPSA) is 35.0 Å². The Morgan fingerprint density at radius 1 is 1.18 bits per heavy atom. The molecule has 3 aromatic rings. The molecular weight excluding hydrogens is 252 g/mol. The van der Waals surface area contributed by atoms with Gasteiger partial charge >= 0.3 is 0 Å². The maximum absolute atomic E-state index is 5.58. The molecule has 0 unspecified atom stereocenters. The van der Waals surface area contributed by atoms with E-state index in [1.807, 2.05) is 35.9 Å². The zero-order chi connectivity index (χ0) is 11.7. The predicted molar refractivity (Wildman–Crippen MR) is 71.9 cm³/mol. The van der Waals surface area contributed by atoms with Gasteiger partial charge in [0.25, 0.3) is 0 Å². The number of nitrogens with zero attached hydrogens (tertiary/aromatic N) is 2. The molecule has 0 N–H and O–H groups in total. The van der Waals surface area contributed by atoms with Gasteiger partial charge in [0.2, 0.25) is 5.88 Å². The van der Waals surface area contributed by atoms with Crippen LogP contribution in [0, 0.1) is 0 Å². The highest BCUT2D eigenvalue weighted by molar-refractivity contribution is 7.16. The predicted octanol–water partition coefficient (Wildman–Crippen LogP) is 3.82. The third kappa shape index (κ3) is 1.92. The zero-order valence-electron chi connectivity index (χ0n) is 9.21. The first-order valence-electron chi connectivity index (χ1n) is 5.30. The summed E-state index contributed by atoms with van der Waals surface area (Å²) in [6.07, 6.45) is 0. The van der Waals surface area contributed by atoms with Crippen LogP contribution in [0.3, 0.4) is 0 Å². The van der Waals surface area contributed by atoms with Crippen LogP contribution < -0.4 is 4.74 Å². The Bertz CT molecular complexity index is 631. The van der Waals surface area contributed by atoms with E-state index in [1.54, 1.807) is 22.7 Å². The monoisotopic (exact) mass is 262 g/mol. The first-order valence-corrected chi connectivity index (χ1v) is 7.06. The van der Waals surface area contributed by atoms with E-state index in [-0.39, 0.29) is 0 Å². The maximum Gasteiger partial charge on any atom is 0.242 e. The van der Waals surface area contributed by atoms with Crippen molar-refractivity contribution in [3.05, 3.63) is 29.0 Å². The van der Waals surface area contributed by atoms with Gasteiger partial charge in [-0.25, -0.2) is 9.97 Å². The fourth-order valence-corrected chi connectivity index (χ4v) is 3.00. The molecule has 0 saturated heterocycles. The van der Waals surface area contributed by atoms with Gasteiger partial charge in [-0.1, -0.05) is 6.07 Å². The van der Waals surface area contributed by atoms with E-state index >= 15 is 0 Å². The van der Waals surface area contributed by atoms with Crippen molar-refractivity contribution in [1.29, 1.82) is 0 Å². The largest absolute Gasteiger partial charge is 0.476 e. The van der Waals surface area contributed by atoms with Crippen molar-refractivity contribution in [2.75, 3.05) is 6.61 Å². The Hall–Kier alpha value is -1.46. The minimum absolute atomic E-state index is 0.600. The lowest BCUT2D eigenvalue weighted by Crippen LogP contribution is -1.98. The van der Waals surface area contributed by atoms with E-state index in [0.29, 0.717) is 12.5 Å². The van der Waals surface area contributed by atoms with Crippen molar-refractivity contribution < 1.29 is 4.74 Å². The Kier molecular flexibility index (Phi) is 2.78. The molecule has 86 valence electrons. The molecule has 0 fully saturated rings. The number of rotatable bonds is 3. The first kappa shape index (κ1) is 10.7. The van der Waals surface area contributed by atoms with E-state index in [1.165, 1.54) is 0 Å². The summed E-state index contributed by atoms with van der Waals surface area (Å²) in [6, 6.07) is 6.01. The Morgan fingerprint density at radius 3 is 2.88 bits per heavy atom. The number of fused-ring (bicyclic) bond motifs is 1. The second-order valence-corrected chi connectivity index (χ2v) is 5.24. The molecule has 0 aromatic carbocycles. The normalized spacial score (nSPS) is 10.9. The number of hydrogen-bond donors (Lipinski definition) is 0. The van der Waals surface area contributed by atoms with Crippen LogP contribution in [0.1, 0.15) is 6.92 Å². The molecule has 5 heteroatoms. The Balaban J connectivity index is 2.22. The summed E-state index contributed by atoms with van der Waals surface area (Å²) in [4.78, 5) is 11.2. The standard InChI is InChI=1S/C12H10N2OS2/c1-2-15-11-10(9-4-3-6-16-9)14-12-8(13-11)5-7-17-12/h3-7H,2H2,1H3. The van der Waals surface area contributed by atoms with E-state index < -0.39 is 0 Å². The van der Waals surface area contributed by atoms with Crippen molar-refractivity contribution in [3.8, 4) is 16.5 Å². The van der Waals surface area contributed by atoms with Gasteiger partial charge in [0.1, 0.15) is 16.0 Å². The number of thiophene rings is 2. The summed E-state index contributed by atoms with van der Waals surface area (Å²) in [7, 11) is 0. The van der Waals surface area contributed by atoms with Gasteiger partial charge in [-0.15, -0.1) is 22.7 Å². The van der Waals surface area contributed by atoms with Crippen LogP contribution >= 0.6 is 22.7 Å². The smallest absolute Gasteiger partial charge is 0.242 e. The van der Waals surface area contributed by atoms with Crippen LogP contribution in [0.25, 0.3) is 20.9 Å². The number of ether oxygens (including phenoxy) is 1.